The van der Waals surface area contributed by atoms with E-state index in [1.807, 2.05) is 44.2 Å². The van der Waals surface area contributed by atoms with Crippen LogP contribution in [0.2, 0.25) is 0 Å². The summed E-state index contributed by atoms with van der Waals surface area (Å²) in [7, 11) is 0. The zero-order chi connectivity index (χ0) is 11.5. The molecule has 2 rings (SSSR count). The summed E-state index contributed by atoms with van der Waals surface area (Å²) in [4.78, 5) is 8.34. The highest BCUT2D eigenvalue weighted by molar-refractivity contribution is 5.46. The molecule has 16 heavy (non-hydrogen) atoms. The van der Waals surface area contributed by atoms with Gasteiger partial charge in [0.05, 0.1) is 17.1 Å². The molecule has 0 amide bonds. The molecule has 0 unspecified atom stereocenters. The van der Waals surface area contributed by atoms with Crippen molar-refractivity contribution in [2.45, 2.75) is 13.8 Å². The number of nitrogens with two attached hydrogens (primary N) is 1. The summed E-state index contributed by atoms with van der Waals surface area (Å²) < 4.78 is 5.52. The first kappa shape index (κ1) is 10.4. The number of para-hydroxylation sites is 1. The van der Waals surface area contributed by atoms with Gasteiger partial charge in [0.1, 0.15) is 5.75 Å². The van der Waals surface area contributed by atoms with E-state index in [0.29, 0.717) is 17.4 Å². The molecule has 2 N–H and O–H groups in total. The number of nitrogen functional groups attached to an aromatic ring is 1. The van der Waals surface area contributed by atoms with E-state index in [9.17, 15) is 0 Å². The molecule has 1 heterocycles. The molecule has 0 spiro atoms. The van der Waals surface area contributed by atoms with Crippen molar-refractivity contribution in [2.24, 2.45) is 0 Å². The molecule has 82 valence electrons. The second-order valence-corrected chi connectivity index (χ2v) is 3.51. The third kappa shape index (κ3) is 2.11. The molecule has 0 bridgehead atoms. The largest absolute Gasteiger partial charge is 0.424 e. The number of aromatic nitrogens is 2. The summed E-state index contributed by atoms with van der Waals surface area (Å²) in [5, 5.41) is 0. The van der Waals surface area contributed by atoms with Gasteiger partial charge in [-0.25, -0.2) is 0 Å². The maximum atomic E-state index is 5.76. The Bertz CT molecular complexity index is 474. The Labute approximate surface area is 94.1 Å². The van der Waals surface area contributed by atoms with Crippen molar-refractivity contribution in [3.63, 3.8) is 0 Å². The highest BCUT2D eigenvalue weighted by Gasteiger charge is 2.06. The Morgan fingerprint density at radius 2 is 1.56 bits per heavy atom. The van der Waals surface area contributed by atoms with Crippen LogP contribution in [0, 0.1) is 13.8 Å². The molecule has 0 radical (unpaired) electrons. The van der Waals surface area contributed by atoms with E-state index in [2.05, 4.69) is 9.97 Å². The Morgan fingerprint density at radius 3 is 2.12 bits per heavy atom. The molecular formula is C12H13N3O. The lowest BCUT2D eigenvalue weighted by atomic mass is 10.3. The van der Waals surface area contributed by atoms with Crippen molar-refractivity contribution in [2.75, 3.05) is 5.73 Å². The Morgan fingerprint density at radius 1 is 1.00 bits per heavy atom. The normalized spacial score (nSPS) is 10.1. The first-order chi connectivity index (χ1) is 7.66. The van der Waals surface area contributed by atoms with Crippen molar-refractivity contribution in [3.05, 3.63) is 41.7 Å². The Kier molecular flexibility index (Phi) is 2.72. The molecule has 1 aromatic carbocycles. The number of nitrogens with zero attached hydrogens (tertiary/aromatic N) is 2. The predicted octanol–water partition coefficient (Wildman–Crippen LogP) is 2.47. The number of hydrogen-bond acceptors (Lipinski definition) is 4. The zero-order valence-electron chi connectivity index (χ0n) is 9.27. The summed E-state index contributed by atoms with van der Waals surface area (Å²) >= 11 is 0. The molecule has 0 saturated carbocycles. The van der Waals surface area contributed by atoms with Crippen LogP contribution in [0.3, 0.4) is 0 Å². The van der Waals surface area contributed by atoms with Gasteiger partial charge in [0.2, 0.25) is 0 Å². The molecule has 0 aliphatic heterocycles. The summed E-state index contributed by atoms with van der Waals surface area (Å²) in [5.41, 5.74) is 7.84. The SMILES string of the molecule is Cc1nc(Oc2ccccc2)nc(C)c1N. The van der Waals surface area contributed by atoms with Crippen molar-refractivity contribution >= 4 is 5.69 Å². The predicted molar refractivity (Wildman–Crippen MR) is 62.4 cm³/mol. The Balaban J connectivity index is 2.29. The quantitative estimate of drug-likeness (QED) is 0.835. The standard InChI is InChI=1S/C12H13N3O/c1-8-11(13)9(2)15-12(14-8)16-10-6-4-3-5-7-10/h3-7H,13H2,1-2H3. The number of anilines is 1. The first-order valence-corrected chi connectivity index (χ1v) is 5.00. The van der Waals surface area contributed by atoms with Crippen LogP contribution < -0.4 is 10.5 Å². The molecule has 0 aliphatic carbocycles. The van der Waals surface area contributed by atoms with Gasteiger partial charge in [0.25, 0.3) is 0 Å². The lowest BCUT2D eigenvalue weighted by molar-refractivity contribution is 0.439. The second kappa shape index (κ2) is 4.18. The van der Waals surface area contributed by atoms with Crippen molar-refractivity contribution in [3.8, 4) is 11.8 Å². The number of hydrogen-bond donors (Lipinski definition) is 1. The van der Waals surface area contributed by atoms with E-state index in [-0.39, 0.29) is 0 Å². The maximum Gasteiger partial charge on any atom is 0.322 e. The van der Waals surface area contributed by atoms with Crippen molar-refractivity contribution in [1.82, 2.24) is 9.97 Å². The van der Waals surface area contributed by atoms with Crippen LogP contribution in [-0.2, 0) is 0 Å². The van der Waals surface area contributed by atoms with Crippen LogP contribution in [0.1, 0.15) is 11.4 Å². The van der Waals surface area contributed by atoms with Gasteiger partial charge in [-0.15, -0.1) is 0 Å². The van der Waals surface area contributed by atoms with E-state index >= 15 is 0 Å². The van der Waals surface area contributed by atoms with E-state index in [0.717, 1.165) is 11.4 Å². The van der Waals surface area contributed by atoms with E-state index < -0.39 is 0 Å². The fraction of sp³-hybridized carbons (Fsp3) is 0.167. The van der Waals surface area contributed by atoms with Crippen LogP contribution in [0.15, 0.2) is 30.3 Å². The van der Waals surface area contributed by atoms with Gasteiger partial charge >= 0.3 is 6.01 Å². The van der Waals surface area contributed by atoms with Crippen LogP contribution in [-0.4, -0.2) is 9.97 Å². The Hall–Kier alpha value is -2.10. The van der Waals surface area contributed by atoms with Gasteiger partial charge in [-0.3, -0.25) is 0 Å². The second-order valence-electron chi connectivity index (χ2n) is 3.51. The fourth-order valence-corrected chi connectivity index (χ4v) is 1.33. The molecule has 0 atom stereocenters. The lowest BCUT2D eigenvalue weighted by Crippen LogP contribution is -2.02. The zero-order valence-corrected chi connectivity index (χ0v) is 9.27. The first-order valence-electron chi connectivity index (χ1n) is 5.00. The molecule has 0 saturated heterocycles. The number of benzene rings is 1. The van der Waals surface area contributed by atoms with Gasteiger partial charge in [-0.1, -0.05) is 18.2 Å². The number of rotatable bonds is 2. The van der Waals surface area contributed by atoms with E-state index in [1.165, 1.54) is 0 Å². The number of aryl methyl sites for hydroxylation is 2. The smallest absolute Gasteiger partial charge is 0.322 e. The van der Waals surface area contributed by atoms with Crippen molar-refractivity contribution in [1.29, 1.82) is 0 Å². The van der Waals surface area contributed by atoms with Crippen LogP contribution in [0.4, 0.5) is 5.69 Å². The van der Waals surface area contributed by atoms with E-state index in [1.54, 1.807) is 0 Å². The van der Waals surface area contributed by atoms with Gasteiger partial charge in [-0.05, 0) is 26.0 Å². The van der Waals surface area contributed by atoms with Crippen LogP contribution in [0.25, 0.3) is 0 Å². The minimum absolute atomic E-state index is 0.329. The minimum atomic E-state index is 0.329. The van der Waals surface area contributed by atoms with Gasteiger partial charge in [0, 0.05) is 0 Å². The number of ether oxygens (including phenoxy) is 1. The summed E-state index contributed by atoms with van der Waals surface area (Å²) in [6.45, 7) is 3.67. The molecule has 4 nitrogen and oxygen atoms in total. The third-order valence-electron chi connectivity index (χ3n) is 2.26. The summed E-state index contributed by atoms with van der Waals surface area (Å²) in [6, 6.07) is 9.75. The highest BCUT2D eigenvalue weighted by atomic mass is 16.5. The van der Waals surface area contributed by atoms with Crippen LogP contribution in [0.5, 0.6) is 11.8 Å². The highest BCUT2D eigenvalue weighted by Crippen LogP contribution is 2.20. The molecule has 1 aromatic heterocycles. The van der Waals surface area contributed by atoms with Crippen molar-refractivity contribution < 1.29 is 4.74 Å². The van der Waals surface area contributed by atoms with Gasteiger partial charge < -0.3 is 10.5 Å². The monoisotopic (exact) mass is 215 g/mol. The van der Waals surface area contributed by atoms with Gasteiger partial charge in [-0.2, -0.15) is 9.97 Å². The lowest BCUT2D eigenvalue weighted by Gasteiger charge is -2.07. The summed E-state index contributed by atoms with van der Waals surface area (Å²) in [6.07, 6.45) is 0. The average molecular weight is 215 g/mol. The minimum Gasteiger partial charge on any atom is -0.424 e. The fourth-order valence-electron chi connectivity index (χ4n) is 1.33. The third-order valence-corrected chi connectivity index (χ3v) is 2.26. The van der Waals surface area contributed by atoms with Gasteiger partial charge in [0.15, 0.2) is 0 Å². The average Bonchev–Trinajstić information content (AvgIpc) is 2.27. The topological polar surface area (TPSA) is 61.0 Å². The molecular weight excluding hydrogens is 202 g/mol. The molecule has 2 aromatic rings. The van der Waals surface area contributed by atoms with E-state index in [4.69, 9.17) is 10.5 Å². The molecule has 4 heteroatoms. The maximum absolute atomic E-state index is 5.76. The molecule has 0 fully saturated rings. The summed E-state index contributed by atoms with van der Waals surface area (Å²) in [5.74, 6) is 0.714. The molecule has 0 aliphatic rings. The van der Waals surface area contributed by atoms with Crippen LogP contribution >= 0.6 is 0 Å².